The lowest BCUT2D eigenvalue weighted by Crippen LogP contribution is -2.40. The van der Waals surface area contributed by atoms with Gasteiger partial charge in [0.1, 0.15) is 0 Å². The van der Waals surface area contributed by atoms with E-state index in [2.05, 4.69) is 38.3 Å². The zero-order valence-electron chi connectivity index (χ0n) is 12.0. The summed E-state index contributed by atoms with van der Waals surface area (Å²) in [7, 11) is 0. The van der Waals surface area contributed by atoms with E-state index in [1.807, 2.05) is 0 Å². The van der Waals surface area contributed by atoms with Crippen LogP contribution < -0.4 is 22.1 Å². The molecular weight excluding hydrogens is 212 g/mol. The normalized spacial score (nSPS) is 15.5. The molecule has 4 nitrogen and oxygen atoms in total. The van der Waals surface area contributed by atoms with E-state index in [9.17, 15) is 0 Å². The predicted octanol–water partition coefficient (Wildman–Crippen LogP) is 0.522. The first kappa shape index (κ1) is 16.8. The van der Waals surface area contributed by atoms with Gasteiger partial charge in [0.05, 0.1) is 0 Å². The number of hydrogen-bond acceptors (Lipinski definition) is 4. The second-order valence-corrected chi connectivity index (χ2v) is 5.58. The van der Waals surface area contributed by atoms with Gasteiger partial charge in [-0.15, -0.1) is 0 Å². The fourth-order valence-corrected chi connectivity index (χ4v) is 1.35. The van der Waals surface area contributed by atoms with Crippen LogP contribution in [0.4, 0.5) is 0 Å². The van der Waals surface area contributed by atoms with E-state index in [0.29, 0.717) is 11.8 Å². The summed E-state index contributed by atoms with van der Waals surface area (Å²) in [5, 5.41) is 6.76. The first-order chi connectivity index (χ1) is 7.95. The summed E-state index contributed by atoms with van der Waals surface area (Å²) in [6.45, 7) is 12.5. The van der Waals surface area contributed by atoms with Gasteiger partial charge in [-0.2, -0.15) is 0 Å². The second kappa shape index (κ2) is 9.83. The minimum Gasteiger partial charge on any atom is -0.326 e. The van der Waals surface area contributed by atoms with Gasteiger partial charge in [-0.3, -0.25) is 0 Å². The Morgan fingerprint density at radius 3 is 1.41 bits per heavy atom. The van der Waals surface area contributed by atoms with E-state index in [-0.39, 0.29) is 12.1 Å². The van der Waals surface area contributed by atoms with Gasteiger partial charge in [0.15, 0.2) is 0 Å². The van der Waals surface area contributed by atoms with Crippen molar-refractivity contribution in [2.24, 2.45) is 23.3 Å². The largest absolute Gasteiger partial charge is 0.326 e. The van der Waals surface area contributed by atoms with Gasteiger partial charge in [0.25, 0.3) is 0 Å². The molecule has 6 N–H and O–H groups in total. The van der Waals surface area contributed by atoms with Crippen molar-refractivity contribution in [3.8, 4) is 0 Å². The molecule has 0 aliphatic rings. The molecule has 0 rings (SSSR count). The number of hydrogen-bond donors (Lipinski definition) is 4. The van der Waals surface area contributed by atoms with E-state index in [1.54, 1.807) is 0 Å². The summed E-state index contributed by atoms with van der Waals surface area (Å²) in [5.41, 5.74) is 11.9. The molecule has 0 radical (unpaired) electrons. The van der Waals surface area contributed by atoms with Crippen molar-refractivity contribution in [1.82, 2.24) is 10.6 Å². The molecule has 0 saturated heterocycles. The van der Waals surface area contributed by atoms with Gasteiger partial charge in [-0.05, 0) is 31.3 Å². The van der Waals surface area contributed by atoms with Crippen molar-refractivity contribution in [3.05, 3.63) is 0 Å². The number of nitrogens with one attached hydrogen (secondary N) is 2. The monoisotopic (exact) mass is 244 g/mol. The molecule has 0 aliphatic heterocycles. The van der Waals surface area contributed by atoms with E-state index in [0.717, 1.165) is 32.6 Å². The van der Waals surface area contributed by atoms with Crippen LogP contribution in [-0.2, 0) is 0 Å². The highest BCUT2D eigenvalue weighted by Gasteiger charge is 2.07. The lowest BCUT2D eigenvalue weighted by atomic mass is 10.1. The molecule has 0 aromatic carbocycles. The van der Waals surface area contributed by atoms with E-state index in [1.165, 1.54) is 0 Å². The number of nitrogens with two attached hydrogens (primary N) is 2. The Labute approximate surface area is 107 Å². The fourth-order valence-electron chi connectivity index (χ4n) is 1.35. The molecule has 0 fully saturated rings. The van der Waals surface area contributed by atoms with Crippen LogP contribution in [0.15, 0.2) is 0 Å². The lowest BCUT2D eigenvalue weighted by Gasteiger charge is -2.17. The smallest absolute Gasteiger partial charge is 0.0188 e. The van der Waals surface area contributed by atoms with Crippen LogP contribution in [0.25, 0.3) is 0 Å². The average molecular weight is 244 g/mol. The van der Waals surface area contributed by atoms with Crippen LogP contribution in [0.1, 0.15) is 34.1 Å². The Morgan fingerprint density at radius 1 is 0.765 bits per heavy atom. The minimum atomic E-state index is 0.261. The van der Waals surface area contributed by atoms with Crippen LogP contribution in [-0.4, -0.2) is 38.3 Å². The number of rotatable bonds is 10. The third kappa shape index (κ3) is 9.53. The van der Waals surface area contributed by atoms with Crippen molar-refractivity contribution in [2.45, 2.75) is 46.2 Å². The van der Waals surface area contributed by atoms with Crippen LogP contribution >= 0.6 is 0 Å². The van der Waals surface area contributed by atoms with E-state index in [4.69, 9.17) is 11.5 Å². The Balaban J connectivity index is 3.24. The van der Waals surface area contributed by atoms with Crippen molar-refractivity contribution < 1.29 is 0 Å². The summed E-state index contributed by atoms with van der Waals surface area (Å²) in [5.74, 6) is 1.09. The van der Waals surface area contributed by atoms with Gasteiger partial charge in [-0.1, -0.05) is 27.7 Å². The molecule has 0 aromatic rings. The van der Waals surface area contributed by atoms with Crippen molar-refractivity contribution >= 4 is 0 Å². The highest BCUT2D eigenvalue weighted by Crippen LogP contribution is 1.96. The molecule has 0 unspecified atom stereocenters. The summed E-state index contributed by atoms with van der Waals surface area (Å²) < 4.78 is 0. The molecule has 0 saturated carbocycles. The average Bonchev–Trinajstić information content (AvgIpc) is 2.26. The van der Waals surface area contributed by atoms with Crippen molar-refractivity contribution in [3.63, 3.8) is 0 Å². The highest BCUT2D eigenvalue weighted by atomic mass is 14.9. The van der Waals surface area contributed by atoms with Crippen LogP contribution in [0, 0.1) is 11.8 Å². The van der Waals surface area contributed by atoms with Gasteiger partial charge >= 0.3 is 0 Å². The Bertz CT molecular complexity index is 153. The topological polar surface area (TPSA) is 76.1 Å². The quantitative estimate of drug-likeness (QED) is 0.423. The van der Waals surface area contributed by atoms with E-state index >= 15 is 0 Å². The molecule has 0 bridgehead atoms. The maximum Gasteiger partial charge on any atom is 0.0188 e. The van der Waals surface area contributed by atoms with E-state index < -0.39 is 0 Å². The summed E-state index contributed by atoms with van der Waals surface area (Å²) >= 11 is 0. The van der Waals surface area contributed by atoms with Gasteiger partial charge in [-0.25, -0.2) is 0 Å². The SMILES string of the molecule is CC(C)[C@H](N)CNCCCNC[C@@H](N)C(C)C. The first-order valence-electron chi connectivity index (χ1n) is 6.87. The predicted molar refractivity (Wildman–Crippen MR) is 76.0 cm³/mol. The summed E-state index contributed by atoms with van der Waals surface area (Å²) in [4.78, 5) is 0. The fraction of sp³-hybridized carbons (Fsp3) is 1.00. The molecule has 2 atom stereocenters. The van der Waals surface area contributed by atoms with Gasteiger partial charge < -0.3 is 22.1 Å². The first-order valence-corrected chi connectivity index (χ1v) is 6.87. The molecule has 0 aliphatic carbocycles. The Morgan fingerprint density at radius 2 is 1.12 bits per heavy atom. The molecule has 0 amide bonds. The standard InChI is InChI=1S/C13H32N4/c1-10(2)12(14)8-16-6-5-7-17-9-13(15)11(3)4/h10-13,16-17H,5-9,14-15H2,1-4H3/t12-,13-/m1/s1. The molecule has 0 spiro atoms. The summed E-state index contributed by atoms with van der Waals surface area (Å²) in [6, 6.07) is 0.523. The highest BCUT2D eigenvalue weighted by molar-refractivity contribution is 4.69. The van der Waals surface area contributed by atoms with Crippen LogP contribution in [0.2, 0.25) is 0 Å². The molecule has 4 heteroatoms. The Hall–Kier alpha value is -0.160. The van der Waals surface area contributed by atoms with Crippen molar-refractivity contribution in [1.29, 1.82) is 0 Å². The van der Waals surface area contributed by atoms with Crippen LogP contribution in [0.5, 0.6) is 0 Å². The molecule has 17 heavy (non-hydrogen) atoms. The third-order valence-corrected chi connectivity index (χ3v) is 3.18. The minimum absolute atomic E-state index is 0.261. The third-order valence-electron chi connectivity index (χ3n) is 3.18. The molecular formula is C13H32N4. The maximum absolute atomic E-state index is 5.94. The molecule has 0 heterocycles. The summed E-state index contributed by atoms with van der Waals surface area (Å²) in [6.07, 6.45) is 1.12. The van der Waals surface area contributed by atoms with Gasteiger partial charge in [0, 0.05) is 25.2 Å². The van der Waals surface area contributed by atoms with Crippen LogP contribution in [0.3, 0.4) is 0 Å². The molecule has 0 aromatic heterocycles. The van der Waals surface area contributed by atoms with Gasteiger partial charge in [0.2, 0.25) is 0 Å². The second-order valence-electron chi connectivity index (χ2n) is 5.58. The molecule has 104 valence electrons. The zero-order valence-corrected chi connectivity index (χ0v) is 12.0. The zero-order chi connectivity index (χ0) is 13.3. The maximum atomic E-state index is 5.94. The Kier molecular flexibility index (Phi) is 9.74. The van der Waals surface area contributed by atoms with Crippen molar-refractivity contribution in [2.75, 3.05) is 26.2 Å². The lowest BCUT2D eigenvalue weighted by molar-refractivity contribution is 0.440.